The van der Waals surface area contributed by atoms with E-state index in [0.717, 1.165) is 31.6 Å². The molecule has 0 spiro atoms. The lowest BCUT2D eigenvalue weighted by Gasteiger charge is -2.37. The molecule has 2 rings (SSSR count). The number of carbonyl (C=O) groups excluding carboxylic acids is 1. The minimum absolute atomic E-state index is 0.0600. The van der Waals surface area contributed by atoms with Crippen molar-refractivity contribution in [3.63, 3.8) is 0 Å². The average Bonchev–Trinajstić information content (AvgIpc) is 2.50. The van der Waals surface area contributed by atoms with Crippen molar-refractivity contribution >= 4 is 17.5 Å². The zero-order chi connectivity index (χ0) is 18.7. The van der Waals surface area contributed by atoms with Crippen LogP contribution in [-0.2, 0) is 0 Å². The second-order valence-corrected chi connectivity index (χ2v) is 8.94. The van der Waals surface area contributed by atoms with Gasteiger partial charge >= 0.3 is 0 Å². The van der Waals surface area contributed by atoms with E-state index in [1.54, 1.807) is 18.2 Å². The van der Waals surface area contributed by atoms with Crippen molar-refractivity contribution in [3.8, 4) is 0 Å². The van der Waals surface area contributed by atoms with Crippen molar-refractivity contribution in [1.29, 1.82) is 0 Å². The van der Waals surface area contributed by atoms with E-state index >= 15 is 0 Å². The zero-order valence-corrected chi connectivity index (χ0v) is 16.5. The fraction of sp³-hybridized carbons (Fsp3) is 0.650. The third-order valence-corrected chi connectivity index (χ3v) is 5.02. The lowest BCUT2D eigenvalue weighted by Crippen LogP contribution is -2.48. The molecule has 0 aliphatic carbocycles. The van der Waals surface area contributed by atoms with Crippen molar-refractivity contribution < 1.29 is 9.18 Å². The number of nitrogens with zero attached hydrogens (tertiary/aromatic N) is 1. The maximum Gasteiger partial charge on any atom is 0.251 e. The van der Waals surface area contributed by atoms with Crippen molar-refractivity contribution in [3.05, 3.63) is 34.3 Å². The molecule has 5 heteroatoms. The Bertz CT molecular complexity index is 584. The summed E-state index contributed by atoms with van der Waals surface area (Å²) in [6.45, 7) is 11.1. The van der Waals surface area contributed by atoms with E-state index in [1.165, 1.54) is 0 Å². The topological polar surface area (TPSA) is 32.3 Å². The number of rotatable bonds is 5. The number of halogens is 2. The molecule has 0 unspecified atom stereocenters. The molecule has 1 saturated heterocycles. The van der Waals surface area contributed by atoms with Gasteiger partial charge in [-0.15, -0.1) is 0 Å². The normalized spacial score (nSPS) is 18.2. The molecule has 1 heterocycles. The molecular formula is C20H30ClFN2O. The van der Waals surface area contributed by atoms with E-state index in [9.17, 15) is 9.18 Å². The maximum absolute atomic E-state index is 15.0. The fourth-order valence-electron chi connectivity index (χ4n) is 3.06. The first-order valence-corrected chi connectivity index (χ1v) is 9.41. The summed E-state index contributed by atoms with van der Waals surface area (Å²) in [5.74, 6) is -0.266. The molecule has 0 atom stereocenters. The Labute approximate surface area is 155 Å². The number of nitrogens with one attached hydrogen (secondary N) is 1. The van der Waals surface area contributed by atoms with E-state index < -0.39 is 5.67 Å². The number of alkyl halides is 1. The number of benzene rings is 1. The average molecular weight is 369 g/mol. The van der Waals surface area contributed by atoms with Gasteiger partial charge in [-0.3, -0.25) is 4.79 Å². The lowest BCUT2D eigenvalue weighted by atomic mass is 9.90. The Morgan fingerprint density at radius 3 is 2.48 bits per heavy atom. The van der Waals surface area contributed by atoms with Crippen molar-refractivity contribution in [2.45, 2.75) is 52.6 Å². The van der Waals surface area contributed by atoms with Gasteiger partial charge in [0, 0.05) is 23.7 Å². The van der Waals surface area contributed by atoms with E-state index in [1.807, 2.05) is 6.92 Å². The molecule has 0 bridgehead atoms. The number of carbonyl (C=O) groups is 1. The number of aryl methyl sites for hydroxylation is 1. The van der Waals surface area contributed by atoms with Gasteiger partial charge in [-0.05, 0) is 61.9 Å². The van der Waals surface area contributed by atoms with Gasteiger partial charge in [0.1, 0.15) is 5.67 Å². The van der Waals surface area contributed by atoms with Crippen molar-refractivity contribution in [1.82, 2.24) is 10.2 Å². The van der Waals surface area contributed by atoms with Crippen molar-refractivity contribution in [2.24, 2.45) is 5.41 Å². The molecule has 1 aliphatic rings. The lowest BCUT2D eigenvalue weighted by molar-refractivity contribution is 0.0508. The molecule has 25 heavy (non-hydrogen) atoms. The van der Waals surface area contributed by atoms with Gasteiger partial charge in [-0.25, -0.2) is 4.39 Å². The largest absolute Gasteiger partial charge is 0.349 e. The van der Waals surface area contributed by atoms with E-state index in [2.05, 4.69) is 31.0 Å². The van der Waals surface area contributed by atoms with Gasteiger partial charge < -0.3 is 10.2 Å². The van der Waals surface area contributed by atoms with Crippen LogP contribution >= 0.6 is 11.6 Å². The minimum atomic E-state index is -1.32. The summed E-state index contributed by atoms with van der Waals surface area (Å²) in [6, 6.07) is 5.17. The van der Waals surface area contributed by atoms with Gasteiger partial charge in [-0.1, -0.05) is 32.4 Å². The maximum atomic E-state index is 15.0. The SMILES string of the molecule is Cc1cc(Cl)cc(C(=O)NCC2(F)CCN(CCC(C)(C)C)CC2)c1. The molecule has 0 radical (unpaired) electrons. The Hall–Kier alpha value is -1.13. The van der Waals surface area contributed by atoms with Gasteiger partial charge in [-0.2, -0.15) is 0 Å². The molecule has 1 amide bonds. The number of hydrogen-bond acceptors (Lipinski definition) is 2. The van der Waals surface area contributed by atoms with Crippen LogP contribution in [0.15, 0.2) is 18.2 Å². The van der Waals surface area contributed by atoms with Gasteiger partial charge in [0.05, 0.1) is 6.54 Å². The second kappa shape index (κ2) is 8.05. The van der Waals surface area contributed by atoms with Crippen LogP contribution in [0.3, 0.4) is 0 Å². The van der Waals surface area contributed by atoms with E-state index in [-0.39, 0.29) is 12.5 Å². The molecule has 1 fully saturated rings. The number of likely N-dealkylation sites (tertiary alicyclic amines) is 1. The monoisotopic (exact) mass is 368 g/mol. The van der Waals surface area contributed by atoms with Crippen LogP contribution in [0.1, 0.15) is 56.0 Å². The summed E-state index contributed by atoms with van der Waals surface area (Å²) in [4.78, 5) is 14.6. The molecule has 1 aromatic rings. The Balaban J connectivity index is 1.82. The van der Waals surface area contributed by atoms with Gasteiger partial charge in [0.15, 0.2) is 0 Å². The van der Waals surface area contributed by atoms with Crippen LogP contribution in [0.25, 0.3) is 0 Å². The highest BCUT2D eigenvalue weighted by atomic mass is 35.5. The second-order valence-electron chi connectivity index (χ2n) is 8.50. The summed E-state index contributed by atoms with van der Waals surface area (Å²) < 4.78 is 15.0. The highest BCUT2D eigenvalue weighted by Gasteiger charge is 2.35. The predicted molar refractivity (Wildman–Crippen MR) is 102 cm³/mol. The molecular weight excluding hydrogens is 339 g/mol. The van der Waals surface area contributed by atoms with Crippen LogP contribution in [0, 0.1) is 12.3 Å². The first-order valence-electron chi connectivity index (χ1n) is 9.03. The van der Waals surface area contributed by atoms with Crippen LogP contribution in [0.5, 0.6) is 0 Å². The first-order chi connectivity index (χ1) is 11.6. The zero-order valence-electron chi connectivity index (χ0n) is 15.8. The van der Waals surface area contributed by atoms with Gasteiger partial charge in [0.25, 0.3) is 5.91 Å². The quantitative estimate of drug-likeness (QED) is 0.822. The van der Waals surface area contributed by atoms with Crippen LogP contribution in [0.4, 0.5) is 4.39 Å². The smallest absolute Gasteiger partial charge is 0.251 e. The molecule has 0 saturated carbocycles. The Morgan fingerprint density at radius 1 is 1.28 bits per heavy atom. The third kappa shape index (κ3) is 6.59. The number of amides is 1. The minimum Gasteiger partial charge on any atom is -0.349 e. The highest BCUT2D eigenvalue weighted by Crippen LogP contribution is 2.27. The Morgan fingerprint density at radius 2 is 1.92 bits per heavy atom. The van der Waals surface area contributed by atoms with Crippen LogP contribution in [0.2, 0.25) is 5.02 Å². The van der Waals surface area contributed by atoms with E-state index in [0.29, 0.717) is 28.8 Å². The molecule has 0 aromatic heterocycles. The number of piperidine rings is 1. The standard InChI is InChI=1S/C20H30ClFN2O/c1-15-11-16(13-17(21)12-15)18(25)23-14-20(22)6-9-24(10-7-20)8-5-19(2,3)4/h11-13H,5-10,14H2,1-4H3,(H,23,25). The summed E-state index contributed by atoms with van der Waals surface area (Å²) in [5, 5.41) is 3.26. The summed E-state index contributed by atoms with van der Waals surface area (Å²) in [6.07, 6.45) is 2.04. The fourth-order valence-corrected chi connectivity index (χ4v) is 3.35. The molecule has 1 aromatic carbocycles. The third-order valence-electron chi connectivity index (χ3n) is 4.80. The van der Waals surface area contributed by atoms with Crippen LogP contribution < -0.4 is 5.32 Å². The predicted octanol–water partition coefficient (Wildman–Crippen LogP) is 4.62. The Kier molecular flexibility index (Phi) is 6.50. The number of hydrogen-bond donors (Lipinski definition) is 1. The highest BCUT2D eigenvalue weighted by molar-refractivity contribution is 6.31. The molecule has 140 valence electrons. The first kappa shape index (κ1) is 20.2. The summed E-state index contributed by atoms with van der Waals surface area (Å²) in [7, 11) is 0. The van der Waals surface area contributed by atoms with Gasteiger partial charge in [0.2, 0.25) is 0 Å². The van der Waals surface area contributed by atoms with Crippen LogP contribution in [-0.4, -0.2) is 42.7 Å². The summed E-state index contributed by atoms with van der Waals surface area (Å²) >= 11 is 5.99. The molecule has 1 N–H and O–H groups in total. The summed E-state index contributed by atoms with van der Waals surface area (Å²) in [5.41, 5.74) is 0.380. The van der Waals surface area contributed by atoms with Crippen molar-refractivity contribution in [2.75, 3.05) is 26.2 Å². The molecule has 1 aliphatic heterocycles. The van der Waals surface area contributed by atoms with E-state index in [4.69, 9.17) is 11.6 Å². The molecule has 3 nitrogen and oxygen atoms in total.